The molecule has 2 aliphatic rings. The van der Waals surface area contributed by atoms with Gasteiger partial charge in [0.05, 0.1) is 13.2 Å². The number of methoxy groups -OCH3 is 1. The summed E-state index contributed by atoms with van der Waals surface area (Å²) in [6, 6.07) is 10.6. The van der Waals surface area contributed by atoms with E-state index in [9.17, 15) is 18.0 Å². The van der Waals surface area contributed by atoms with Crippen molar-refractivity contribution in [2.45, 2.75) is 44.3 Å². The van der Waals surface area contributed by atoms with E-state index in [-0.39, 0.29) is 18.3 Å². The molecular weight excluding hydrogens is 450 g/mol. The largest absolute Gasteiger partial charge is 0.496 e. The third-order valence-electron chi connectivity index (χ3n) is 6.71. The summed E-state index contributed by atoms with van der Waals surface area (Å²) in [5.41, 5.74) is -1.66. The van der Waals surface area contributed by atoms with Crippen LogP contribution in [0.4, 0.5) is 13.2 Å². The topological polar surface area (TPSA) is 38.3 Å². The standard InChI is InChI=1S/C23H22Cl2F3NO2/c1-31-18-11-16(25)6-7-17(18)19(14-4-2-5-15(24)10-14)29-20(30)22(23(26,27)28)12-21(13-22)8-3-9-21/h2,4-7,10-11,19H,3,8-9,12-13H2,1H3,(H,29,30). The Labute approximate surface area is 188 Å². The maximum absolute atomic E-state index is 14.1. The van der Waals surface area contributed by atoms with Gasteiger partial charge in [-0.15, -0.1) is 0 Å². The fourth-order valence-corrected chi connectivity index (χ4v) is 5.33. The van der Waals surface area contributed by atoms with Gasteiger partial charge in [-0.05, 0) is 60.9 Å². The Morgan fingerprint density at radius 3 is 2.32 bits per heavy atom. The van der Waals surface area contributed by atoms with Crippen LogP contribution in [0.15, 0.2) is 42.5 Å². The van der Waals surface area contributed by atoms with Crippen molar-refractivity contribution < 1.29 is 22.7 Å². The lowest BCUT2D eigenvalue weighted by atomic mass is 9.44. The average Bonchev–Trinajstić information content (AvgIpc) is 2.63. The van der Waals surface area contributed by atoms with Gasteiger partial charge in [0, 0.05) is 15.6 Å². The van der Waals surface area contributed by atoms with Crippen molar-refractivity contribution in [2.75, 3.05) is 7.11 Å². The molecule has 2 aromatic rings. The second kappa shape index (κ2) is 7.89. The lowest BCUT2D eigenvalue weighted by Gasteiger charge is -2.60. The van der Waals surface area contributed by atoms with Crippen LogP contribution in [-0.4, -0.2) is 19.2 Å². The molecule has 2 fully saturated rings. The first-order valence-electron chi connectivity index (χ1n) is 10.1. The average molecular weight is 472 g/mol. The number of carbonyl (C=O) groups is 1. The minimum Gasteiger partial charge on any atom is -0.496 e. The molecule has 4 rings (SSSR count). The quantitative estimate of drug-likeness (QED) is 0.525. The lowest BCUT2D eigenvalue weighted by molar-refractivity contribution is -0.281. The minimum absolute atomic E-state index is 0.157. The van der Waals surface area contributed by atoms with Crippen molar-refractivity contribution in [2.24, 2.45) is 10.8 Å². The second-order valence-corrected chi connectivity index (χ2v) is 9.51. The maximum atomic E-state index is 14.1. The Kier molecular flexibility index (Phi) is 5.67. The molecule has 0 aliphatic heterocycles. The normalized spacial score (nSPS) is 19.8. The van der Waals surface area contributed by atoms with Gasteiger partial charge in [0.25, 0.3) is 0 Å². The van der Waals surface area contributed by atoms with Gasteiger partial charge >= 0.3 is 6.18 Å². The first-order valence-corrected chi connectivity index (χ1v) is 10.8. The highest BCUT2D eigenvalue weighted by Gasteiger charge is 2.72. The first-order chi connectivity index (χ1) is 14.6. The third-order valence-corrected chi connectivity index (χ3v) is 7.18. The summed E-state index contributed by atoms with van der Waals surface area (Å²) in [6.07, 6.45) is -2.52. The number of alkyl halides is 3. The predicted octanol–water partition coefficient (Wildman–Crippen LogP) is 6.72. The number of benzene rings is 2. The van der Waals surface area contributed by atoms with E-state index in [0.717, 1.165) is 19.3 Å². The number of nitrogens with one attached hydrogen (secondary N) is 1. The van der Waals surface area contributed by atoms with Gasteiger partial charge in [-0.2, -0.15) is 13.2 Å². The number of rotatable bonds is 5. The molecule has 0 aromatic heterocycles. The summed E-state index contributed by atoms with van der Waals surface area (Å²) in [7, 11) is 1.44. The zero-order valence-corrected chi connectivity index (χ0v) is 18.4. The summed E-state index contributed by atoms with van der Waals surface area (Å²) < 4.78 is 47.7. The molecule has 2 saturated carbocycles. The number of amides is 1. The Balaban J connectivity index is 1.72. The monoisotopic (exact) mass is 471 g/mol. The molecule has 3 nitrogen and oxygen atoms in total. The Hall–Kier alpha value is -1.92. The molecular formula is C23H22Cl2F3NO2. The third kappa shape index (κ3) is 3.89. The van der Waals surface area contributed by atoms with Crippen LogP contribution in [0.5, 0.6) is 5.75 Å². The maximum Gasteiger partial charge on any atom is 0.403 e. The Bertz CT molecular complexity index is 997. The van der Waals surface area contributed by atoms with Crippen molar-refractivity contribution in [3.63, 3.8) is 0 Å². The molecule has 166 valence electrons. The van der Waals surface area contributed by atoms with Gasteiger partial charge in [0.2, 0.25) is 5.91 Å². The van der Waals surface area contributed by atoms with E-state index in [0.29, 0.717) is 26.9 Å². The van der Waals surface area contributed by atoms with Crippen LogP contribution in [0.25, 0.3) is 0 Å². The van der Waals surface area contributed by atoms with Gasteiger partial charge < -0.3 is 10.1 Å². The number of hydrogen-bond acceptors (Lipinski definition) is 2. The first kappa shape index (κ1) is 22.3. The summed E-state index contributed by atoms with van der Waals surface area (Å²) in [5.74, 6) is -0.651. The Morgan fingerprint density at radius 1 is 1.10 bits per heavy atom. The molecule has 0 radical (unpaired) electrons. The fourth-order valence-electron chi connectivity index (χ4n) is 4.97. The van der Waals surface area contributed by atoms with Crippen molar-refractivity contribution in [3.05, 3.63) is 63.6 Å². The molecule has 1 atom stereocenters. The summed E-state index contributed by atoms with van der Waals surface area (Å²) in [5, 5.41) is 3.49. The molecule has 1 N–H and O–H groups in total. The summed E-state index contributed by atoms with van der Waals surface area (Å²) >= 11 is 12.2. The number of ether oxygens (including phenoxy) is 1. The Morgan fingerprint density at radius 2 is 1.77 bits per heavy atom. The second-order valence-electron chi connectivity index (χ2n) is 8.63. The van der Waals surface area contributed by atoms with Crippen LogP contribution in [0, 0.1) is 10.8 Å². The van der Waals surface area contributed by atoms with Crippen molar-refractivity contribution in [1.82, 2.24) is 5.32 Å². The molecule has 2 aliphatic carbocycles. The summed E-state index contributed by atoms with van der Waals surface area (Å²) in [6.45, 7) is 0. The van der Waals surface area contributed by atoms with Crippen LogP contribution in [-0.2, 0) is 4.79 Å². The highest BCUT2D eigenvalue weighted by Crippen LogP contribution is 2.69. The number of hydrogen-bond donors (Lipinski definition) is 1. The van der Waals surface area contributed by atoms with Gasteiger partial charge in [-0.3, -0.25) is 4.79 Å². The van der Waals surface area contributed by atoms with Gasteiger partial charge in [-0.25, -0.2) is 0 Å². The highest BCUT2D eigenvalue weighted by molar-refractivity contribution is 6.31. The smallest absolute Gasteiger partial charge is 0.403 e. The van der Waals surface area contributed by atoms with E-state index in [2.05, 4.69) is 5.32 Å². The molecule has 0 heterocycles. The highest BCUT2D eigenvalue weighted by atomic mass is 35.5. The zero-order chi connectivity index (χ0) is 22.4. The minimum atomic E-state index is -4.62. The van der Waals surface area contributed by atoms with Crippen LogP contribution in [0.1, 0.15) is 49.3 Å². The van der Waals surface area contributed by atoms with Crippen molar-refractivity contribution in [1.29, 1.82) is 0 Å². The van der Waals surface area contributed by atoms with Crippen LogP contribution >= 0.6 is 23.2 Å². The van der Waals surface area contributed by atoms with E-state index in [1.54, 1.807) is 42.5 Å². The lowest BCUT2D eigenvalue weighted by Crippen LogP contribution is -2.64. The van der Waals surface area contributed by atoms with Gasteiger partial charge in [0.1, 0.15) is 11.2 Å². The van der Waals surface area contributed by atoms with E-state index in [4.69, 9.17) is 27.9 Å². The van der Waals surface area contributed by atoms with Gasteiger partial charge in [0.15, 0.2) is 0 Å². The molecule has 0 bridgehead atoms. The van der Waals surface area contributed by atoms with E-state index >= 15 is 0 Å². The van der Waals surface area contributed by atoms with Crippen LogP contribution < -0.4 is 10.1 Å². The van der Waals surface area contributed by atoms with Crippen LogP contribution in [0.2, 0.25) is 10.0 Å². The molecule has 1 amide bonds. The van der Waals surface area contributed by atoms with Gasteiger partial charge in [-0.1, -0.05) is 47.8 Å². The summed E-state index contributed by atoms with van der Waals surface area (Å²) in [4.78, 5) is 13.2. The van der Waals surface area contributed by atoms with E-state index in [1.807, 2.05) is 0 Å². The SMILES string of the molecule is COc1cc(Cl)ccc1C(NC(=O)C1(C(F)(F)F)CC2(CCC2)C1)c1cccc(Cl)c1. The molecule has 1 spiro atoms. The number of halogens is 5. The molecule has 1 unspecified atom stereocenters. The van der Waals surface area contributed by atoms with Crippen molar-refractivity contribution in [3.8, 4) is 5.75 Å². The molecule has 2 aromatic carbocycles. The molecule has 0 saturated heterocycles. The fraction of sp³-hybridized carbons (Fsp3) is 0.435. The van der Waals surface area contributed by atoms with Crippen molar-refractivity contribution >= 4 is 29.1 Å². The molecule has 31 heavy (non-hydrogen) atoms. The molecule has 8 heteroatoms. The number of carbonyl (C=O) groups excluding carboxylic acids is 1. The zero-order valence-electron chi connectivity index (χ0n) is 16.9. The predicted molar refractivity (Wildman–Crippen MR) is 113 cm³/mol. The van der Waals surface area contributed by atoms with E-state index in [1.165, 1.54) is 7.11 Å². The van der Waals surface area contributed by atoms with E-state index < -0.39 is 23.5 Å². The van der Waals surface area contributed by atoms with Crippen LogP contribution in [0.3, 0.4) is 0 Å².